The molecule has 0 spiro atoms. The van der Waals surface area contributed by atoms with E-state index in [1.807, 2.05) is 0 Å². The third kappa shape index (κ3) is 85.4. The fourth-order valence-corrected chi connectivity index (χ4v) is 12.8. The molecule has 0 saturated heterocycles. The number of aliphatic hydroxyl groups excluding tert-OH is 2. The van der Waals surface area contributed by atoms with E-state index < -0.39 is 91.5 Å². The Kier molecular flexibility index (Phi) is 80.0. The molecule has 0 radical (unpaired) electrons. The van der Waals surface area contributed by atoms with Crippen LogP contribution in [0, 0.1) is 0 Å². The second-order valence-corrected chi connectivity index (χ2v) is 31.1. The molecule has 5 atom stereocenters. The standard InChI is InChI=1S/C93H154O16P2/c1-4-7-10-13-16-19-22-25-28-31-34-36-38-39-40-41-42-43-44-45-46-47-49-51-53-55-58-61-64-67-70-73-76-79-91(96)103-82-88(94)83-105-110(99,100)106-84-89(95)85-107-111(101,102)108-87-90(109-93(98)81-78-75-72-69-66-63-60-57-52-33-30-27-24-21-18-15-12-9-6-3)86-104-92(97)80-77-74-71-68-65-62-59-56-54-50-48-37-35-32-29-26-23-20-17-14-11-8-5-2/h7-12,16-21,25-30,34-37,39-40,42-43,50,52,54,57,88-90,94-95H,4-6,13-15,22-24,31-33,38,41,44-49,51,53,55-56,58-87H2,1-3H3,(H,99,100)(H,101,102)/b10-7-,11-8-,12-9-,19-16-,20-17-,21-18-,28-25-,29-26-,30-27-,36-34-,37-35-,40-39-,43-42-,54-50-,57-52-. The van der Waals surface area contributed by atoms with E-state index in [-0.39, 0.29) is 19.3 Å². The van der Waals surface area contributed by atoms with Crippen LogP contribution in [0.5, 0.6) is 0 Å². The number of ether oxygens (including phenoxy) is 3. The Bertz CT molecular complexity index is 2750. The molecular formula is C93H154O16P2. The summed E-state index contributed by atoms with van der Waals surface area (Å²) in [4.78, 5) is 58.9. The van der Waals surface area contributed by atoms with Crippen molar-refractivity contribution in [2.24, 2.45) is 0 Å². The van der Waals surface area contributed by atoms with E-state index in [2.05, 4.69) is 203 Å². The Morgan fingerprint density at radius 2 is 0.450 bits per heavy atom. The van der Waals surface area contributed by atoms with Crippen LogP contribution in [0.15, 0.2) is 182 Å². The van der Waals surface area contributed by atoms with Gasteiger partial charge in [-0.05, 0) is 154 Å². The van der Waals surface area contributed by atoms with Gasteiger partial charge in [0.2, 0.25) is 0 Å². The van der Waals surface area contributed by atoms with Crippen molar-refractivity contribution in [2.75, 3.05) is 39.6 Å². The Morgan fingerprint density at radius 1 is 0.252 bits per heavy atom. The van der Waals surface area contributed by atoms with Gasteiger partial charge >= 0.3 is 33.6 Å². The summed E-state index contributed by atoms with van der Waals surface area (Å²) in [5.41, 5.74) is 0. The number of hydrogen-bond donors (Lipinski definition) is 4. The number of hydrogen-bond acceptors (Lipinski definition) is 14. The summed E-state index contributed by atoms with van der Waals surface area (Å²) in [5.74, 6) is -1.61. The molecule has 5 unspecified atom stereocenters. The zero-order valence-electron chi connectivity index (χ0n) is 69.3. The quantitative estimate of drug-likeness (QED) is 0.0146. The summed E-state index contributed by atoms with van der Waals surface area (Å²) >= 11 is 0. The largest absolute Gasteiger partial charge is 0.472 e. The van der Waals surface area contributed by atoms with Crippen molar-refractivity contribution < 1.29 is 75.8 Å². The van der Waals surface area contributed by atoms with E-state index in [0.717, 1.165) is 205 Å². The highest BCUT2D eigenvalue weighted by molar-refractivity contribution is 7.47. The maximum absolute atomic E-state index is 13.0. The van der Waals surface area contributed by atoms with Crippen molar-refractivity contribution in [3.05, 3.63) is 182 Å². The van der Waals surface area contributed by atoms with Crippen LogP contribution in [0.2, 0.25) is 0 Å². The first-order valence-electron chi connectivity index (χ1n) is 43.1. The van der Waals surface area contributed by atoms with Crippen molar-refractivity contribution in [2.45, 2.75) is 347 Å². The maximum atomic E-state index is 13.0. The molecule has 0 aliphatic rings. The molecule has 0 aromatic heterocycles. The topological polar surface area (TPSA) is 231 Å². The molecule has 0 rings (SSSR count). The van der Waals surface area contributed by atoms with Gasteiger partial charge in [-0.1, -0.05) is 338 Å². The number of carbonyl (C=O) groups is 3. The molecule has 0 aliphatic heterocycles. The number of esters is 3. The highest BCUT2D eigenvalue weighted by Crippen LogP contribution is 2.45. The highest BCUT2D eigenvalue weighted by atomic mass is 31.2. The number of rotatable bonds is 80. The number of phosphoric ester groups is 2. The Hall–Kier alpha value is -5.35. The molecule has 0 heterocycles. The molecule has 0 aliphatic carbocycles. The Morgan fingerprint density at radius 3 is 0.712 bits per heavy atom. The summed E-state index contributed by atoms with van der Waals surface area (Å²) < 4.78 is 61.3. The molecule has 0 fully saturated rings. The van der Waals surface area contributed by atoms with Gasteiger partial charge in [-0.2, -0.15) is 0 Å². The molecular weight excluding hydrogens is 1430 g/mol. The highest BCUT2D eigenvalue weighted by Gasteiger charge is 2.29. The molecule has 16 nitrogen and oxygen atoms in total. The third-order valence-corrected chi connectivity index (χ3v) is 19.5. The van der Waals surface area contributed by atoms with Gasteiger partial charge in [0.15, 0.2) is 6.10 Å². The third-order valence-electron chi connectivity index (χ3n) is 17.6. The number of phosphoric acid groups is 2. The van der Waals surface area contributed by atoms with E-state index in [1.54, 1.807) is 0 Å². The average Bonchev–Trinajstić information content (AvgIpc) is 0.900. The van der Waals surface area contributed by atoms with Crippen LogP contribution in [-0.2, 0) is 55.8 Å². The fourth-order valence-electron chi connectivity index (χ4n) is 11.2. The zero-order valence-corrected chi connectivity index (χ0v) is 71.1. The summed E-state index contributed by atoms with van der Waals surface area (Å²) in [6.45, 7) is 2.32. The van der Waals surface area contributed by atoms with Crippen molar-refractivity contribution in [3.63, 3.8) is 0 Å². The molecule has 0 amide bonds. The van der Waals surface area contributed by atoms with Crippen LogP contribution in [0.1, 0.15) is 329 Å². The predicted molar refractivity (Wildman–Crippen MR) is 463 cm³/mol. The zero-order chi connectivity index (χ0) is 80.8. The normalized spacial score (nSPS) is 14.8. The lowest BCUT2D eigenvalue weighted by Gasteiger charge is -2.21. The maximum Gasteiger partial charge on any atom is 0.472 e. The molecule has 4 N–H and O–H groups in total. The van der Waals surface area contributed by atoms with E-state index in [4.69, 9.17) is 32.3 Å². The number of aliphatic hydroxyl groups is 2. The van der Waals surface area contributed by atoms with Crippen LogP contribution in [-0.4, -0.2) is 95.9 Å². The van der Waals surface area contributed by atoms with Gasteiger partial charge in [-0.3, -0.25) is 32.5 Å². The Labute approximate surface area is 675 Å². The van der Waals surface area contributed by atoms with Crippen LogP contribution in [0.4, 0.5) is 0 Å². The minimum absolute atomic E-state index is 0.0800. The minimum Gasteiger partial charge on any atom is -0.463 e. The SMILES string of the molecule is CC/C=C\C/C=C\C/C=C\C/C=C\C/C=C\C/C=C\CCCCCCCCCCCCCCCCC(=O)OCC(O)COP(=O)(O)OCC(O)COP(=O)(O)OCC(COC(=O)CCCCCCCCC/C=C\C/C=C\C/C=C\C/C=C\C/C=C\CC)OC(=O)CCCCCCCC/C=C\C/C=C\C/C=C\C/C=C\CC. The minimum atomic E-state index is -4.95. The van der Waals surface area contributed by atoms with Gasteiger partial charge in [0.05, 0.1) is 26.4 Å². The van der Waals surface area contributed by atoms with Crippen LogP contribution >= 0.6 is 15.6 Å². The second-order valence-electron chi connectivity index (χ2n) is 28.2. The van der Waals surface area contributed by atoms with E-state index in [0.29, 0.717) is 19.3 Å². The van der Waals surface area contributed by atoms with Gasteiger partial charge in [0.25, 0.3) is 0 Å². The van der Waals surface area contributed by atoms with Gasteiger partial charge in [0.1, 0.15) is 25.4 Å². The first-order valence-corrected chi connectivity index (χ1v) is 46.1. The molecule has 632 valence electrons. The van der Waals surface area contributed by atoms with Crippen LogP contribution in [0.25, 0.3) is 0 Å². The lowest BCUT2D eigenvalue weighted by molar-refractivity contribution is -0.161. The van der Waals surface area contributed by atoms with Crippen molar-refractivity contribution in [3.8, 4) is 0 Å². The number of allylic oxidation sites excluding steroid dienone is 30. The molecule has 0 aromatic carbocycles. The smallest absolute Gasteiger partial charge is 0.463 e. The lowest BCUT2D eigenvalue weighted by atomic mass is 10.0. The van der Waals surface area contributed by atoms with Gasteiger partial charge in [-0.15, -0.1) is 0 Å². The first kappa shape index (κ1) is 106. The second kappa shape index (κ2) is 84.1. The predicted octanol–water partition coefficient (Wildman–Crippen LogP) is 26.1. The molecule has 0 saturated carbocycles. The van der Waals surface area contributed by atoms with E-state index >= 15 is 0 Å². The molecule has 111 heavy (non-hydrogen) atoms. The van der Waals surface area contributed by atoms with Crippen molar-refractivity contribution in [1.82, 2.24) is 0 Å². The summed E-state index contributed by atoms with van der Waals surface area (Å²) in [6.07, 6.45) is 109. The van der Waals surface area contributed by atoms with Crippen molar-refractivity contribution >= 4 is 33.6 Å². The number of unbranched alkanes of at least 4 members (excludes halogenated alkanes) is 27. The number of carbonyl (C=O) groups excluding carboxylic acids is 3. The Balaban J connectivity index is 4.56. The lowest BCUT2D eigenvalue weighted by Crippen LogP contribution is -2.30. The van der Waals surface area contributed by atoms with Gasteiger partial charge < -0.3 is 34.2 Å². The molecule has 18 heteroatoms. The van der Waals surface area contributed by atoms with E-state index in [9.17, 15) is 43.5 Å². The van der Waals surface area contributed by atoms with Gasteiger partial charge in [0, 0.05) is 19.3 Å². The molecule has 0 aromatic rings. The van der Waals surface area contributed by atoms with E-state index in [1.165, 1.54) is 64.2 Å². The summed E-state index contributed by atoms with van der Waals surface area (Å²) in [6, 6.07) is 0. The molecule has 0 bridgehead atoms. The monoisotopic (exact) mass is 1590 g/mol. The van der Waals surface area contributed by atoms with Crippen LogP contribution in [0.3, 0.4) is 0 Å². The fraction of sp³-hybridized carbons (Fsp3) is 0.645. The van der Waals surface area contributed by atoms with Gasteiger partial charge in [-0.25, -0.2) is 9.13 Å². The first-order chi connectivity index (χ1) is 54.2. The van der Waals surface area contributed by atoms with Crippen LogP contribution < -0.4 is 0 Å². The summed E-state index contributed by atoms with van der Waals surface area (Å²) in [5, 5.41) is 20.7. The van der Waals surface area contributed by atoms with Crippen molar-refractivity contribution in [1.29, 1.82) is 0 Å². The summed E-state index contributed by atoms with van der Waals surface area (Å²) in [7, 11) is -9.82. The average molecular weight is 1590 g/mol.